The third kappa shape index (κ3) is 2.54. The predicted octanol–water partition coefficient (Wildman–Crippen LogP) is 3.75. The molecule has 0 atom stereocenters. The molecule has 110 valence electrons. The summed E-state index contributed by atoms with van der Waals surface area (Å²) in [6.07, 6.45) is 1.84. The largest absolute Gasteiger partial charge is 0.381 e. The number of benzene rings is 1. The molecule has 3 rings (SSSR count). The molecule has 0 unspecified atom stereocenters. The van der Waals surface area contributed by atoms with Gasteiger partial charge in [0.15, 0.2) is 5.78 Å². The van der Waals surface area contributed by atoms with Crippen LogP contribution in [0.15, 0.2) is 30.3 Å². The summed E-state index contributed by atoms with van der Waals surface area (Å²) in [7, 11) is 0. The zero-order valence-electron chi connectivity index (χ0n) is 12.4. The molecule has 0 bridgehead atoms. The fraction of sp³-hybridized carbons (Fsp3) is 0.412. The number of carbonyl (C=O) groups is 1. The van der Waals surface area contributed by atoms with E-state index in [9.17, 15) is 4.79 Å². The summed E-state index contributed by atoms with van der Waals surface area (Å²) < 4.78 is 5.56. The summed E-state index contributed by atoms with van der Waals surface area (Å²) in [5, 5.41) is 1.06. The van der Waals surface area contributed by atoms with E-state index in [4.69, 9.17) is 9.72 Å². The minimum Gasteiger partial charge on any atom is -0.381 e. The highest BCUT2D eigenvalue weighted by Crippen LogP contribution is 2.43. The van der Waals surface area contributed by atoms with Gasteiger partial charge in [-0.2, -0.15) is 0 Å². The zero-order valence-corrected chi connectivity index (χ0v) is 13.2. The molecule has 1 aromatic heterocycles. The second kappa shape index (κ2) is 5.70. The molecule has 2 aromatic rings. The van der Waals surface area contributed by atoms with Gasteiger partial charge in [0.25, 0.3) is 0 Å². The quantitative estimate of drug-likeness (QED) is 0.811. The standard InChI is InChI=1S/C17H19NO2S/c1-12-15(13(2)19)21-16(18-12)17(8-10-20-11-9-17)14-6-4-3-5-7-14/h3-7H,8-11H2,1-2H3. The summed E-state index contributed by atoms with van der Waals surface area (Å²) in [4.78, 5) is 17.3. The molecule has 1 aliphatic heterocycles. The van der Waals surface area contributed by atoms with Crippen molar-refractivity contribution in [3.05, 3.63) is 51.5 Å². The molecule has 21 heavy (non-hydrogen) atoms. The highest BCUT2D eigenvalue weighted by atomic mass is 32.1. The lowest BCUT2D eigenvalue weighted by atomic mass is 9.74. The van der Waals surface area contributed by atoms with Gasteiger partial charge in [0.05, 0.1) is 16.0 Å². The molecule has 3 nitrogen and oxygen atoms in total. The Hall–Kier alpha value is -1.52. The first-order valence-electron chi connectivity index (χ1n) is 7.25. The van der Waals surface area contributed by atoms with Crippen LogP contribution in [-0.2, 0) is 10.2 Å². The minimum atomic E-state index is -0.108. The van der Waals surface area contributed by atoms with Crippen LogP contribution in [0.4, 0.5) is 0 Å². The number of hydrogen-bond acceptors (Lipinski definition) is 4. The van der Waals surface area contributed by atoms with Crippen LogP contribution in [0.2, 0.25) is 0 Å². The third-order valence-corrected chi connectivity index (χ3v) is 5.66. The Balaban J connectivity index is 2.12. The molecule has 0 saturated carbocycles. The number of aryl methyl sites for hydroxylation is 1. The fourth-order valence-corrected chi connectivity index (χ4v) is 4.26. The van der Waals surface area contributed by atoms with Crippen LogP contribution in [0.5, 0.6) is 0 Å². The Labute approximate surface area is 129 Å². The summed E-state index contributed by atoms with van der Waals surface area (Å²) in [6.45, 7) is 5.02. The molecule has 2 heterocycles. The van der Waals surface area contributed by atoms with Crippen molar-refractivity contribution in [1.82, 2.24) is 4.98 Å². The number of nitrogens with zero attached hydrogens (tertiary/aromatic N) is 1. The van der Waals surface area contributed by atoms with E-state index in [1.807, 2.05) is 13.0 Å². The van der Waals surface area contributed by atoms with Crippen molar-refractivity contribution in [3.63, 3.8) is 0 Å². The minimum absolute atomic E-state index is 0.103. The van der Waals surface area contributed by atoms with E-state index in [1.54, 1.807) is 18.3 Å². The highest BCUT2D eigenvalue weighted by molar-refractivity contribution is 7.14. The monoisotopic (exact) mass is 301 g/mol. The first-order chi connectivity index (χ1) is 10.1. The summed E-state index contributed by atoms with van der Waals surface area (Å²) >= 11 is 1.55. The van der Waals surface area contributed by atoms with Gasteiger partial charge in [-0.15, -0.1) is 11.3 Å². The molecule has 1 aromatic carbocycles. The average Bonchev–Trinajstić information content (AvgIpc) is 2.91. The second-order valence-corrected chi connectivity index (χ2v) is 6.55. The van der Waals surface area contributed by atoms with Crippen molar-refractivity contribution < 1.29 is 9.53 Å². The van der Waals surface area contributed by atoms with E-state index in [0.717, 1.165) is 41.6 Å². The zero-order chi connectivity index (χ0) is 14.9. The molecule has 0 N–H and O–H groups in total. The van der Waals surface area contributed by atoms with Gasteiger partial charge in [-0.25, -0.2) is 4.98 Å². The van der Waals surface area contributed by atoms with Crippen LogP contribution in [0, 0.1) is 6.92 Å². The van der Waals surface area contributed by atoms with Gasteiger partial charge in [0, 0.05) is 20.1 Å². The molecule has 4 heteroatoms. The van der Waals surface area contributed by atoms with E-state index < -0.39 is 0 Å². The van der Waals surface area contributed by atoms with E-state index >= 15 is 0 Å². The Morgan fingerprint density at radius 1 is 1.24 bits per heavy atom. The summed E-state index contributed by atoms with van der Waals surface area (Å²) in [6, 6.07) is 10.5. The van der Waals surface area contributed by atoms with Crippen LogP contribution in [0.25, 0.3) is 0 Å². The number of thiazole rings is 1. The molecular weight excluding hydrogens is 282 g/mol. The molecule has 0 aliphatic carbocycles. The lowest BCUT2D eigenvalue weighted by molar-refractivity contribution is 0.0630. The van der Waals surface area contributed by atoms with Crippen LogP contribution in [0.3, 0.4) is 0 Å². The third-order valence-electron chi connectivity index (χ3n) is 4.20. The predicted molar refractivity (Wildman–Crippen MR) is 84.1 cm³/mol. The van der Waals surface area contributed by atoms with Crippen LogP contribution >= 0.6 is 11.3 Å². The Morgan fingerprint density at radius 3 is 2.48 bits per heavy atom. The molecule has 1 saturated heterocycles. The summed E-state index contributed by atoms with van der Waals surface area (Å²) in [5.41, 5.74) is 2.02. The van der Waals surface area contributed by atoms with Crippen LogP contribution < -0.4 is 0 Å². The normalized spacial score (nSPS) is 17.6. The van der Waals surface area contributed by atoms with Crippen LogP contribution in [-0.4, -0.2) is 24.0 Å². The lowest BCUT2D eigenvalue weighted by Gasteiger charge is -2.36. The molecule has 1 fully saturated rings. The van der Waals surface area contributed by atoms with Gasteiger partial charge in [0.1, 0.15) is 5.01 Å². The van der Waals surface area contributed by atoms with Gasteiger partial charge in [-0.3, -0.25) is 4.79 Å². The van der Waals surface area contributed by atoms with E-state index in [1.165, 1.54) is 5.56 Å². The van der Waals surface area contributed by atoms with Crippen molar-refractivity contribution in [3.8, 4) is 0 Å². The first-order valence-corrected chi connectivity index (χ1v) is 8.07. The van der Waals surface area contributed by atoms with Gasteiger partial charge < -0.3 is 4.74 Å². The SMILES string of the molecule is CC(=O)c1sc(C2(c3ccccc3)CCOCC2)nc1C. The van der Waals surface area contributed by atoms with Gasteiger partial charge >= 0.3 is 0 Å². The molecule has 0 amide bonds. The van der Waals surface area contributed by atoms with Crippen molar-refractivity contribution in [1.29, 1.82) is 0 Å². The lowest BCUT2D eigenvalue weighted by Crippen LogP contribution is -2.34. The van der Waals surface area contributed by atoms with E-state index in [2.05, 4.69) is 24.3 Å². The first kappa shape index (κ1) is 14.4. The topological polar surface area (TPSA) is 39.2 Å². The van der Waals surface area contributed by atoms with Crippen molar-refractivity contribution in [2.75, 3.05) is 13.2 Å². The number of ether oxygens (including phenoxy) is 1. The Bertz CT molecular complexity index is 642. The Morgan fingerprint density at radius 2 is 1.90 bits per heavy atom. The number of ketones is 1. The van der Waals surface area contributed by atoms with Gasteiger partial charge in [-0.05, 0) is 25.3 Å². The van der Waals surface area contributed by atoms with E-state index in [-0.39, 0.29) is 11.2 Å². The highest BCUT2D eigenvalue weighted by Gasteiger charge is 2.39. The number of Topliss-reactive ketones (excluding diaryl/α,β-unsaturated/α-hetero) is 1. The second-order valence-electron chi connectivity index (χ2n) is 5.55. The number of hydrogen-bond donors (Lipinski definition) is 0. The number of carbonyl (C=O) groups excluding carboxylic acids is 1. The van der Waals surface area contributed by atoms with Crippen molar-refractivity contribution in [2.45, 2.75) is 32.1 Å². The maximum atomic E-state index is 11.7. The van der Waals surface area contributed by atoms with Crippen LogP contribution in [0.1, 0.15) is 45.7 Å². The molecule has 0 spiro atoms. The number of aromatic nitrogens is 1. The summed E-state index contributed by atoms with van der Waals surface area (Å²) in [5.74, 6) is 0.103. The average molecular weight is 301 g/mol. The number of rotatable bonds is 3. The molecular formula is C17H19NO2S. The van der Waals surface area contributed by atoms with Gasteiger partial charge in [0.2, 0.25) is 0 Å². The Kier molecular flexibility index (Phi) is 3.91. The van der Waals surface area contributed by atoms with Gasteiger partial charge in [-0.1, -0.05) is 30.3 Å². The molecule has 1 aliphatic rings. The van der Waals surface area contributed by atoms with Crippen molar-refractivity contribution in [2.24, 2.45) is 0 Å². The molecule has 0 radical (unpaired) electrons. The van der Waals surface area contributed by atoms with Crippen molar-refractivity contribution >= 4 is 17.1 Å². The van der Waals surface area contributed by atoms with E-state index in [0.29, 0.717) is 0 Å². The fourth-order valence-electron chi connectivity index (χ4n) is 3.03. The smallest absolute Gasteiger partial charge is 0.171 e. The maximum absolute atomic E-state index is 11.7. The maximum Gasteiger partial charge on any atom is 0.171 e.